The third-order valence-electron chi connectivity index (χ3n) is 2.00. The summed E-state index contributed by atoms with van der Waals surface area (Å²) in [6.07, 6.45) is -1.04. The van der Waals surface area contributed by atoms with Gasteiger partial charge in [-0.2, -0.15) is 0 Å². The van der Waals surface area contributed by atoms with Crippen LogP contribution in [0, 0.1) is 5.82 Å². The predicted octanol–water partition coefficient (Wildman–Crippen LogP) is 0.917. The Kier molecular flexibility index (Phi) is 3.43. The molecule has 3 nitrogen and oxygen atoms in total. The van der Waals surface area contributed by atoms with E-state index in [1.54, 1.807) is 25.1 Å². The lowest BCUT2D eigenvalue weighted by atomic mass is 10.1. The van der Waals surface area contributed by atoms with Gasteiger partial charge in [0.05, 0.1) is 6.61 Å². The third kappa shape index (κ3) is 2.21. The van der Waals surface area contributed by atoms with E-state index in [-0.39, 0.29) is 0 Å². The summed E-state index contributed by atoms with van der Waals surface area (Å²) in [5.41, 5.74) is 1.10. The van der Waals surface area contributed by atoms with Crippen molar-refractivity contribution in [3.8, 4) is 0 Å². The maximum atomic E-state index is 12.9. The molecular formula is C10H14FNO2. The molecule has 0 heterocycles. The lowest BCUT2D eigenvalue weighted by Crippen LogP contribution is -2.14. The zero-order valence-corrected chi connectivity index (χ0v) is 8.24. The molecule has 0 aromatic heterocycles. The first-order valence-electron chi connectivity index (χ1n) is 4.32. The number of rotatable bonds is 3. The minimum atomic E-state index is -1.04. The number of aliphatic hydroxyl groups is 2. The highest BCUT2D eigenvalue weighted by atomic mass is 19.1. The highest BCUT2D eigenvalue weighted by Gasteiger charge is 2.13. The van der Waals surface area contributed by atoms with E-state index in [1.165, 1.54) is 12.1 Å². The van der Waals surface area contributed by atoms with Crippen LogP contribution in [0.3, 0.4) is 0 Å². The van der Waals surface area contributed by atoms with Gasteiger partial charge in [0.1, 0.15) is 11.9 Å². The van der Waals surface area contributed by atoms with Crippen molar-refractivity contribution < 1.29 is 14.6 Å². The molecule has 0 spiro atoms. The molecule has 0 bridgehead atoms. The second-order valence-electron chi connectivity index (χ2n) is 3.30. The van der Waals surface area contributed by atoms with Gasteiger partial charge >= 0.3 is 0 Å². The Labute approximate surface area is 82.4 Å². The van der Waals surface area contributed by atoms with E-state index in [1.807, 2.05) is 0 Å². The van der Waals surface area contributed by atoms with Gasteiger partial charge < -0.3 is 15.1 Å². The molecular weight excluding hydrogens is 185 g/mol. The molecule has 14 heavy (non-hydrogen) atoms. The van der Waals surface area contributed by atoms with Gasteiger partial charge in [-0.3, -0.25) is 0 Å². The minimum Gasteiger partial charge on any atom is -0.393 e. The fraction of sp³-hybridized carbons (Fsp3) is 0.400. The number of anilines is 1. The minimum absolute atomic E-state index is 0.400. The smallest absolute Gasteiger partial charge is 0.123 e. The summed E-state index contributed by atoms with van der Waals surface area (Å²) >= 11 is 0. The zero-order valence-electron chi connectivity index (χ0n) is 8.24. The summed E-state index contributed by atoms with van der Waals surface area (Å²) in [6.45, 7) is -0.412. The van der Waals surface area contributed by atoms with Crippen LogP contribution < -0.4 is 4.90 Å². The molecule has 0 radical (unpaired) electrons. The van der Waals surface area contributed by atoms with Crippen molar-refractivity contribution >= 4 is 5.69 Å². The highest BCUT2D eigenvalue weighted by molar-refractivity contribution is 5.53. The standard InChI is InChI=1S/C10H14FNO2/c1-12(2)9-4-3-7(11)5-8(9)10(14)6-13/h3-5,10,13-14H,6H2,1-2H3. The van der Waals surface area contributed by atoms with Gasteiger partial charge in [0.2, 0.25) is 0 Å². The number of halogens is 1. The third-order valence-corrected chi connectivity index (χ3v) is 2.00. The SMILES string of the molecule is CN(C)c1ccc(F)cc1C(O)CO. The number of nitrogens with zero attached hydrogens (tertiary/aromatic N) is 1. The maximum absolute atomic E-state index is 12.9. The normalized spacial score (nSPS) is 12.6. The first-order valence-corrected chi connectivity index (χ1v) is 4.32. The molecule has 0 saturated heterocycles. The van der Waals surface area contributed by atoms with Gasteiger partial charge in [0.15, 0.2) is 0 Å². The molecule has 0 fully saturated rings. The average molecular weight is 199 g/mol. The maximum Gasteiger partial charge on any atom is 0.123 e. The van der Waals surface area contributed by atoms with Crippen LogP contribution in [-0.2, 0) is 0 Å². The van der Waals surface area contributed by atoms with Gasteiger partial charge in [-0.25, -0.2) is 4.39 Å². The van der Waals surface area contributed by atoms with E-state index >= 15 is 0 Å². The molecule has 78 valence electrons. The topological polar surface area (TPSA) is 43.7 Å². The highest BCUT2D eigenvalue weighted by Crippen LogP contribution is 2.25. The van der Waals surface area contributed by atoms with Crippen LogP contribution in [0.2, 0.25) is 0 Å². The first kappa shape index (κ1) is 10.9. The van der Waals surface area contributed by atoms with Crippen LogP contribution in [0.4, 0.5) is 10.1 Å². The quantitative estimate of drug-likeness (QED) is 0.760. The summed E-state index contributed by atoms with van der Waals surface area (Å²) in [5, 5.41) is 18.2. The van der Waals surface area contributed by atoms with Gasteiger partial charge in [-0.15, -0.1) is 0 Å². The molecule has 0 saturated carbocycles. The van der Waals surface area contributed by atoms with Gasteiger partial charge in [0, 0.05) is 25.3 Å². The van der Waals surface area contributed by atoms with Gasteiger partial charge in [-0.1, -0.05) is 0 Å². The predicted molar refractivity (Wildman–Crippen MR) is 52.8 cm³/mol. The van der Waals surface area contributed by atoms with Crippen molar-refractivity contribution in [3.63, 3.8) is 0 Å². The molecule has 0 aliphatic rings. The molecule has 0 amide bonds. The molecule has 1 rings (SSSR count). The number of hydrogen-bond donors (Lipinski definition) is 2. The zero-order chi connectivity index (χ0) is 10.7. The second-order valence-corrected chi connectivity index (χ2v) is 3.30. The van der Waals surface area contributed by atoms with E-state index in [4.69, 9.17) is 5.11 Å². The summed E-state index contributed by atoms with van der Waals surface area (Å²) < 4.78 is 12.9. The molecule has 1 aromatic carbocycles. The van der Waals surface area contributed by atoms with Crippen molar-refractivity contribution in [1.82, 2.24) is 0 Å². The van der Waals surface area contributed by atoms with E-state index < -0.39 is 18.5 Å². The molecule has 1 unspecified atom stereocenters. The van der Waals surface area contributed by atoms with Crippen LogP contribution in [0.5, 0.6) is 0 Å². The Hall–Kier alpha value is -1.13. The van der Waals surface area contributed by atoms with Crippen LogP contribution in [0.25, 0.3) is 0 Å². The van der Waals surface area contributed by atoms with Crippen molar-refractivity contribution in [3.05, 3.63) is 29.6 Å². The van der Waals surface area contributed by atoms with Crippen molar-refractivity contribution in [2.24, 2.45) is 0 Å². The van der Waals surface area contributed by atoms with Crippen LogP contribution >= 0.6 is 0 Å². The largest absolute Gasteiger partial charge is 0.393 e. The Bertz CT molecular complexity index is 315. The Morgan fingerprint density at radius 3 is 2.57 bits per heavy atom. The van der Waals surface area contributed by atoms with Crippen molar-refractivity contribution in [2.75, 3.05) is 25.6 Å². The second kappa shape index (κ2) is 4.39. The van der Waals surface area contributed by atoms with Gasteiger partial charge in [-0.05, 0) is 18.2 Å². The van der Waals surface area contributed by atoms with Crippen LogP contribution in [-0.4, -0.2) is 30.9 Å². The van der Waals surface area contributed by atoms with E-state index in [0.717, 1.165) is 0 Å². The van der Waals surface area contributed by atoms with Crippen molar-refractivity contribution in [1.29, 1.82) is 0 Å². The van der Waals surface area contributed by atoms with Crippen LogP contribution in [0.1, 0.15) is 11.7 Å². The molecule has 1 aromatic rings. The first-order chi connectivity index (χ1) is 6.56. The Morgan fingerprint density at radius 2 is 2.07 bits per heavy atom. The van der Waals surface area contributed by atoms with E-state index in [2.05, 4.69) is 0 Å². The van der Waals surface area contributed by atoms with E-state index in [0.29, 0.717) is 11.3 Å². The summed E-state index contributed by atoms with van der Waals surface area (Å²) in [5.74, 6) is -0.418. The number of hydrogen-bond acceptors (Lipinski definition) is 3. The number of aliphatic hydroxyl groups excluding tert-OH is 2. The monoisotopic (exact) mass is 199 g/mol. The Balaban J connectivity index is 3.15. The lowest BCUT2D eigenvalue weighted by Gasteiger charge is -2.19. The summed E-state index contributed by atoms with van der Waals surface area (Å²) in [6, 6.07) is 4.13. The summed E-state index contributed by atoms with van der Waals surface area (Å²) in [4.78, 5) is 1.76. The van der Waals surface area contributed by atoms with Crippen molar-refractivity contribution in [2.45, 2.75) is 6.10 Å². The summed E-state index contributed by atoms with van der Waals surface area (Å²) in [7, 11) is 3.58. The fourth-order valence-electron chi connectivity index (χ4n) is 1.30. The molecule has 0 aliphatic heterocycles. The number of benzene rings is 1. The average Bonchev–Trinajstić information content (AvgIpc) is 2.16. The fourth-order valence-corrected chi connectivity index (χ4v) is 1.30. The molecule has 0 aliphatic carbocycles. The Morgan fingerprint density at radius 1 is 1.43 bits per heavy atom. The van der Waals surface area contributed by atoms with E-state index in [9.17, 15) is 9.50 Å². The van der Waals surface area contributed by atoms with Gasteiger partial charge in [0.25, 0.3) is 0 Å². The molecule has 4 heteroatoms. The molecule has 1 atom stereocenters. The lowest BCUT2D eigenvalue weighted by molar-refractivity contribution is 0.0957. The van der Waals surface area contributed by atoms with Crippen LogP contribution in [0.15, 0.2) is 18.2 Å². The molecule has 2 N–H and O–H groups in total.